The van der Waals surface area contributed by atoms with Crippen LogP contribution in [0.5, 0.6) is 17.2 Å². The van der Waals surface area contributed by atoms with Crippen molar-refractivity contribution in [1.29, 1.82) is 0 Å². The molecule has 3 aromatic heterocycles. The molecular formula is C87H108N6O6. The molecule has 522 valence electrons. The van der Waals surface area contributed by atoms with Crippen LogP contribution in [0.4, 0.5) is 0 Å². The summed E-state index contributed by atoms with van der Waals surface area (Å²) in [6.07, 6.45) is 51.8. The van der Waals surface area contributed by atoms with Crippen molar-refractivity contribution in [2.24, 2.45) is 11.8 Å². The van der Waals surface area contributed by atoms with Crippen LogP contribution in [0.25, 0.3) is 16.7 Å². The van der Waals surface area contributed by atoms with E-state index in [0.29, 0.717) is 11.8 Å². The number of nitrogens with zero attached hydrogens (tertiary/aromatic N) is 3. The Kier molecular flexibility index (Phi) is 35.1. The lowest BCUT2D eigenvalue weighted by atomic mass is 9.97. The number of aryl methyl sites for hydroxylation is 3. The molecule has 12 nitrogen and oxygen atoms in total. The number of carbonyl (C=O) groups excluding carboxylic acids is 3. The van der Waals surface area contributed by atoms with Gasteiger partial charge in [0.1, 0.15) is 17.2 Å². The lowest BCUT2D eigenvalue weighted by Gasteiger charge is -2.17. The summed E-state index contributed by atoms with van der Waals surface area (Å²) in [7, 11) is 5.02. The first-order chi connectivity index (χ1) is 48.6. The SMILES string of the molecule is CCCC/C(=C\C=C\C(=O)N[C@H](CCCc1cccnc1)C1CC1)c1ccc(OC)cc1.CCCCC/C(=C\C=C\C(=O)N[C@H](CCCc1cccnc1)C1CC1)c1ccc(OC)cc1.CCC[C@H](CCCc1cccnc1)NC(=O)/C=C/C=C(\c1ccccc1)c1ccc(OC)cc1. The monoisotopic (exact) mass is 1330 g/mol. The Morgan fingerprint density at radius 3 is 1.20 bits per heavy atom. The second-order valence-electron chi connectivity index (χ2n) is 25.8. The smallest absolute Gasteiger partial charge is 0.244 e. The van der Waals surface area contributed by atoms with Crippen LogP contribution >= 0.6 is 0 Å². The minimum atomic E-state index is -0.0572. The van der Waals surface area contributed by atoms with Crippen LogP contribution in [0.1, 0.15) is 182 Å². The fourth-order valence-corrected chi connectivity index (χ4v) is 12.1. The van der Waals surface area contributed by atoms with Crippen molar-refractivity contribution < 1.29 is 28.6 Å². The number of pyridine rings is 3. The molecule has 3 amide bonds. The average molecular weight is 1330 g/mol. The number of amides is 3. The van der Waals surface area contributed by atoms with E-state index < -0.39 is 0 Å². The Hall–Kier alpha value is -9.42. The van der Waals surface area contributed by atoms with Crippen LogP contribution in [0.2, 0.25) is 0 Å². The topological polar surface area (TPSA) is 154 Å². The number of aromatic nitrogens is 3. The molecule has 2 saturated carbocycles. The molecule has 99 heavy (non-hydrogen) atoms. The van der Waals surface area contributed by atoms with E-state index in [9.17, 15) is 14.4 Å². The maximum atomic E-state index is 12.6. The fourth-order valence-electron chi connectivity index (χ4n) is 12.1. The summed E-state index contributed by atoms with van der Waals surface area (Å²) in [6.45, 7) is 6.56. The number of hydrogen-bond acceptors (Lipinski definition) is 9. The molecule has 9 rings (SSSR count). The van der Waals surface area contributed by atoms with Crippen molar-refractivity contribution in [3.63, 3.8) is 0 Å². The van der Waals surface area contributed by atoms with Crippen molar-refractivity contribution in [2.75, 3.05) is 21.3 Å². The Labute approximate surface area is 591 Å². The molecule has 3 atom stereocenters. The molecule has 3 N–H and O–H groups in total. The van der Waals surface area contributed by atoms with Gasteiger partial charge in [-0.05, 0) is 238 Å². The molecular weight excluding hydrogens is 1220 g/mol. The van der Waals surface area contributed by atoms with Gasteiger partial charge < -0.3 is 30.2 Å². The fraction of sp³-hybridized carbons (Fsp3) is 0.379. The van der Waals surface area contributed by atoms with Gasteiger partial charge in [0.05, 0.1) is 21.3 Å². The number of nitrogens with one attached hydrogen (secondary N) is 3. The highest BCUT2D eigenvalue weighted by molar-refractivity contribution is 5.90. The van der Waals surface area contributed by atoms with E-state index in [0.717, 1.165) is 137 Å². The highest BCUT2D eigenvalue weighted by Crippen LogP contribution is 2.36. The molecule has 2 aliphatic rings. The zero-order chi connectivity index (χ0) is 69.9. The van der Waals surface area contributed by atoms with Crippen LogP contribution in [0.3, 0.4) is 0 Å². The third-order valence-electron chi connectivity index (χ3n) is 18.0. The molecule has 0 radical (unpaired) electrons. The summed E-state index contributed by atoms with van der Waals surface area (Å²) in [5.41, 5.74) is 11.8. The molecule has 2 fully saturated rings. The van der Waals surface area contributed by atoms with Gasteiger partial charge in [0, 0.05) is 73.5 Å². The summed E-state index contributed by atoms with van der Waals surface area (Å²) >= 11 is 0. The molecule has 12 heteroatoms. The first-order valence-corrected chi connectivity index (χ1v) is 36.3. The lowest BCUT2D eigenvalue weighted by Crippen LogP contribution is -2.35. The maximum absolute atomic E-state index is 12.6. The molecule has 4 aromatic carbocycles. The van der Waals surface area contributed by atoms with Gasteiger partial charge in [-0.2, -0.15) is 0 Å². The summed E-state index contributed by atoms with van der Waals surface area (Å²) < 4.78 is 15.8. The molecule has 0 bridgehead atoms. The van der Waals surface area contributed by atoms with Gasteiger partial charge in [0.25, 0.3) is 0 Å². The summed E-state index contributed by atoms with van der Waals surface area (Å²) in [5, 5.41) is 9.69. The van der Waals surface area contributed by atoms with Gasteiger partial charge in [-0.25, -0.2) is 0 Å². The highest BCUT2D eigenvalue weighted by Gasteiger charge is 2.32. The maximum Gasteiger partial charge on any atom is 0.244 e. The number of rotatable bonds is 39. The van der Waals surface area contributed by atoms with Crippen molar-refractivity contribution >= 4 is 34.4 Å². The summed E-state index contributed by atoms with van der Waals surface area (Å²) in [6, 6.07) is 47.4. The zero-order valence-corrected chi connectivity index (χ0v) is 59.7. The van der Waals surface area contributed by atoms with E-state index in [-0.39, 0.29) is 35.8 Å². The second kappa shape index (κ2) is 45.2. The molecule has 0 unspecified atom stereocenters. The molecule has 2 aliphatic carbocycles. The van der Waals surface area contributed by atoms with Crippen LogP contribution in [0, 0.1) is 11.8 Å². The van der Waals surface area contributed by atoms with Gasteiger partial charge in [-0.1, -0.05) is 168 Å². The quantitative estimate of drug-likeness (QED) is 0.0194. The largest absolute Gasteiger partial charge is 0.497 e. The van der Waals surface area contributed by atoms with Gasteiger partial charge in [0.15, 0.2) is 0 Å². The van der Waals surface area contributed by atoms with E-state index in [4.69, 9.17) is 14.2 Å². The first-order valence-electron chi connectivity index (χ1n) is 36.3. The molecule has 0 saturated heterocycles. The number of hydrogen-bond donors (Lipinski definition) is 3. The second-order valence-corrected chi connectivity index (χ2v) is 25.8. The number of benzene rings is 4. The highest BCUT2D eigenvalue weighted by atomic mass is 16.5. The minimum absolute atomic E-state index is 0.00380. The molecule has 7 aromatic rings. The zero-order valence-electron chi connectivity index (χ0n) is 59.7. The van der Waals surface area contributed by atoms with Crippen LogP contribution in [0.15, 0.2) is 231 Å². The van der Waals surface area contributed by atoms with Gasteiger partial charge in [0.2, 0.25) is 17.7 Å². The van der Waals surface area contributed by atoms with Gasteiger partial charge in [-0.3, -0.25) is 29.3 Å². The number of ether oxygens (including phenoxy) is 3. The van der Waals surface area contributed by atoms with Gasteiger partial charge in [-0.15, -0.1) is 0 Å². The summed E-state index contributed by atoms with van der Waals surface area (Å²) in [4.78, 5) is 50.4. The van der Waals surface area contributed by atoms with Crippen molar-refractivity contribution in [2.45, 2.75) is 180 Å². The lowest BCUT2D eigenvalue weighted by molar-refractivity contribution is -0.118. The standard InChI is InChI=1S/C30H34N2O2.C29H38N2O2.C28H36N2O2/c1-3-10-27(15-7-11-24-12-9-22-31-23-24)32-30(33)17-8-16-29(25-13-5-4-6-14-25)26-18-20-28(34-2)21-19-26;1-3-4-5-11-24(25-17-19-27(33-2)20-18-25)12-7-14-29(32)31-28(26-15-16-26)13-6-9-23-10-8-21-30-22-23;1-3-4-10-23(24-16-18-26(32-2)19-17-24)11-6-13-28(31)30-27(25-14-15-25)12-5-8-22-9-7-20-29-21-22/h4-6,8-9,12-14,16-23,27H,3,7,10-11,15H2,1-2H3,(H,32,33);7-8,10,12,14,17-22,26,28H,3-6,9,11,13,15-16H2,1-2H3,(H,31,32);6-7,9,11,13,16-21,25,27H,3-5,8,10,12,14-15H2,1-2H3,(H,30,31)/b17-8+,29-16+;14-7+,24-12+;13-6+,23-11+/t27-;28-;27-/m111/s1. The van der Waals surface area contributed by atoms with Crippen molar-refractivity contribution in [1.82, 2.24) is 30.9 Å². The number of carbonyl (C=O) groups is 3. The predicted molar refractivity (Wildman–Crippen MR) is 407 cm³/mol. The predicted octanol–water partition coefficient (Wildman–Crippen LogP) is 19.1. The first kappa shape index (κ1) is 76.9. The normalized spacial score (nSPS) is 14.1. The van der Waals surface area contributed by atoms with Crippen molar-refractivity contribution in [3.8, 4) is 17.2 Å². The van der Waals surface area contributed by atoms with Crippen LogP contribution < -0.4 is 30.2 Å². The van der Waals surface area contributed by atoms with E-state index >= 15 is 0 Å². The van der Waals surface area contributed by atoms with Crippen LogP contribution in [-0.4, -0.2) is 72.1 Å². The Bertz CT molecular complexity index is 3600. The van der Waals surface area contributed by atoms with E-state index in [1.807, 2.05) is 128 Å². The summed E-state index contributed by atoms with van der Waals surface area (Å²) in [5.74, 6) is 3.75. The third-order valence-corrected chi connectivity index (χ3v) is 18.0. The average Bonchev–Trinajstić information content (AvgIpc) is 2.04. The number of methoxy groups -OCH3 is 3. The molecule has 3 heterocycles. The van der Waals surface area contributed by atoms with E-state index in [1.54, 1.807) is 58.1 Å². The van der Waals surface area contributed by atoms with E-state index in [2.05, 4.69) is 118 Å². The van der Waals surface area contributed by atoms with E-state index in [1.165, 1.54) is 77.5 Å². The van der Waals surface area contributed by atoms with Crippen LogP contribution in [-0.2, 0) is 33.6 Å². The Balaban J connectivity index is 0.000000209. The Morgan fingerprint density at radius 2 is 0.808 bits per heavy atom. The van der Waals surface area contributed by atoms with Gasteiger partial charge >= 0.3 is 0 Å². The van der Waals surface area contributed by atoms with Crippen molar-refractivity contribution in [3.05, 3.63) is 270 Å². The Morgan fingerprint density at radius 1 is 0.414 bits per heavy atom. The third kappa shape index (κ3) is 30.1. The number of unbranched alkanes of at least 4 members (excludes halogenated alkanes) is 3. The molecule has 0 spiro atoms. The number of allylic oxidation sites excluding steroid dienone is 8. The minimum Gasteiger partial charge on any atom is -0.497 e. The molecule has 0 aliphatic heterocycles.